The molecule has 0 heterocycles. The number of Topliss-reactive ketones (excluding diaryl/α,β-unsaturated/α-hetero) is 1. The molecule has 0 spiro atoms. The van der Waals surface area contributed by atoms with Crippen molar-refractivity contribution in [1.82, 2.24) is 0 Å². The number of aryl methyl sites for hydroxylation is 1. The van der Waals surface area contributed by atoms with Gasteiger partial charge in [0.05, 0.1) is 5.92 Å². The Bertz CT molecular complexity index is 631. The lowest BCUT2D eigenvalue weighted by molar-refractivity contribution is 0.0973. The molecule has 0 saturated carbocycles. The molecule has 0 N–H and O–H groups in total. The normalized spacial score (nSPS) is 17.9. The molecule has 0 fully saturated rings. The molecule has 1 atom stereocenters. The van der Waals surface area contributed by atoms with Crippen LogP contribution in [0.1, 0.15) is 33.0 Å². The summed E-state index contributed by atoms with van der Waals surface area (Å²) in [4.78, 5) is 12.3. The SMILES string of the molecule is Cc1ccc2c(c1)CC(c1cccc(F)c1)C2=O. The highest BCUT2D eigenvalue weighted by molar-refractivity contribution is 6.05. The number of halogens is 1. The number of ketones is 1. The molecule has 1 nitrogen and oxygen atoms in total. The summed E-state index contributed by atoms with van der Waals surface area (Å²) >= 11 is 0. The van der Waals surface area contributed by atoms with Crippen LogP contribution in [0.3, 0.4) is 0 Å². The summed E-state index contributed by atoms with van der Waals surface area (Å²) in [5, 5.41) is 0. The predicted octanol–water partition coefficient (Wildman–Crippen LogP) is 3.66. The molecule has 0 saturated heterocycles. The van der Waals surface area contributed by atoms with Crippen LogP contribution in [-0.4, -0.2) is 5.78 Å². The molecule has 90 valence electrons. The third-order valence-electron chi connectivity index (χ3n) is 3.52. The Kier molecular flexibility index (Phi) is 2.51. The maximum absolute atomic E-state index is 13.2. The van der Waals surface area contributed by atoms with Crippen LogP contribution in [0.5, 0.6) is 0 Å². The van der Waals surface area contributed by atoms with E-state index >= 15 is 0 Å². The summed E-state index contributed by atoms with van der Waals surface area (Å²) in [5.74, 6) is -0.402. The monoisotopic (exact) mass is 240 g/mol. The molecule has 0 radical (unpaired) electrons. The van der Waals surface area contributed by atoms with Crippen molar-refractivity contribution in [2.75, 3.05) is 0 Å². The molecule has 18 heavy (non-hydrogen) atoms. The molecule has 0 amide bonds. The molecular formula is C16H13FO. The summed E-state index contributed by atoms with van der Waals surface area (Å²) in [6, 6.07) is 12.2. The van der Waals surface area contributed by atoms with Gasteiger partial charge < -0.3 is 0 Å². The minimum atomic E-state index is -0.285. The number of carbonyl (C=O) groups excluding carboxylic acids is 1. The Morgan fingerprint density at radius 3 is 2.78 bits per heavy atom. The van der Waals surface area contributed by atoms with Gasteiger partial charge in [-0.3, -0.25) is 4.79 Å². The maximum atomic E-state index is 13.2. The molecule has 2 aromatic rings. The van der Waals surface area contributed by atoms with Crippen molar-refractivity contribution in [3.05, 3.63) is 70.5 Å². The highest BCUT2D eigenvalue weighted by Crippen LogP contribution is 2.34. The average molecular weight is 240 g/mol. The maximum Gasteiger partial charge on any atom is 0.170 e. The lowest BCUT2D eigenvalue weighted by Crippen LogP contribution is -2.07. The Morgan fingerprint density at radius 2 is 2.00 bits per heavy atom. The van der Waals surface area contributed by atoms with E-state index in [9.17, 15) is 9.18 Å². The Balaban J connectivity index is 2.02. The van der Waals surface area contributed by atoms with Crippen molar-refractivity contribution in [3.8, 4) is 0 Å². The first-order valence-electron chi connectivity index (χ1n) is 6.04. The van der Waals surface area contributed by atoms with E-state index in [0.29, 0.717) is 6.42 Å². The van der Waals surface area contributed by atoms with Crippen molar-refractivity contribution in [2.45, 2.75) is 19.3 Å². The minimum absolute atomic E-state index is 0.107. The Hall–Kier alpha value is -1.96. The van der Waals surface area contributed by atoms with E-state index < -0.39 is 0 Å². The Labute approximate surface area is 105 Å². The van der Waals surface area contributed by atoms with E-state index in [2.05, 4.69) is 0 Å². The summed E-state index contributed by atoms with van der Waals surface area (Å²) in [6.45, 7) is 2.01. The fraction of sp³-hybridized carbons (Fsp3) is 0.188. The van der Waals surface area contributed by atoms with Gasteiger partial charge in [-0.1, -0.05) is 35.9 Å². The van der Waals surface area contributed by atoms with Gasteiger partial charge in [0.2, 0.25) is 0 Å². The molecular weight excluding hydrogens is 227 g/mol. The average Bonchev–Trinajstić information content (AvgIpc) is 2.66. The van der Waals surface area contributed by atoms with Crippen LogP contribution in [0.25, 0.3) is 0 Å². The lowest BCUT2D eigenvalue weighted by Gasteiger charge is -2.07. The minimum Gasteiger partial charge on any atom is -0.293 e. The summed E-state index contributed by atoms with van der Waals surface area (Å²) in [7, 11) is 0. The second-order valence-electron chi connectivity index (χ2n) is 4.84. The highest BCUT2D eigenvalue weighted by Gasteiger charge is 2.31. The molecule has 0 bridgehead atoms. The lowest BCUT2D eigenvalue weighted by atomic mass is 9.95. The first kappa shape index (κ1) is 11.1. The first-order valence-corrected chi connectivity index (χ1v) is 6.04. The van der Waals surface area contributed by atoms with Crippen LogP contribution >= 0.6 is 0 Å². The zero-order valence-electron chi connectivity index (χ0n) is 10.1. The van der Waals surface area contributed by atoms with Crippen LogP contribution in [0, 0.1) is 12.7 Å². The van der Waals surface area contributed by atoms with E-state index in [1.165, 1.54) is 12.1 Å². The van der Waals surface area contributed by atoms with Crippen molar-refractivity contribution in [3.63, 3.8) is 0 Å². The van der Waals surface area contributed by atoms with Gasteiger partial charge in [0.25, 0.3) is 0 Å². The van der Waals surface area contributed by atoms with Crippen molar-refractivity contribution < 1.29 is 9.18 Å². The van der Waals surface area contributed by atoms with Crippen LogP contribution in [0.2, 0.25) is 0 Å². The topological polar surface area (TPSA) is 17.1 Å². The number of hydrogen-bond donors (Lipinski definition) is 0. The van der Waals surface area contributed by atoms with E-state index in [0.717, 1.165) is 22.3 Å². The van der Waals surface area contributed by atoms with Crippen molar-refractivity contribution in [1.29, 1.82) is 0 Å². The van der Waals surface area contributed by atoms with E-state index in [-0.39, 0.29) is 17.5 Å². The quantitative estimate of drug-likeness (QED) is 0.743. The van der Waals surface area contributed by atoms with Gasteiger partial charge in [0, 0.05) is 5.56 Å². The second kappa shape index (κ2) is 4.05. The van der Waals surface area contributed by atoms with Gasteiger partial charge in [-0.05, 0) is 36.6 Å². The summed E-state index contributed by atoms with van der Waals surface area (Å²) in [6.07, 6.45) is 0.680. The zero-order chi connectivity index (χ0) is 12.7. The number of carbonyl (C=O) groups is 1. The molecule has 3 rings (SSSR count). The fourth-order valence-corrected chi connectivity index (χ4v) is 2.62. The molecule has 1 aliphatic rings. The predicted molar refractivity (Wildman–Crippen MR) is 68.4 cm³/mol. The second-order valence-corrected chi connectivity index (χ2v) is 4.84. The van der Waals surface area contributed by atoms with E-state index in [1.54, 1.807) is 6.07 Å². The number of rotatable bonds is 1. The fourth-order valence-electron chi connectivity index (χ4n) is 2.62. The van der Waals surface area contributed by atoms with Crippen LogP contribution in [0.4, 0.5) is 4.39 Å². The molecule has 1 aliphatic carbocycles. The van der Waals surface area contributed by atoms with Crippen molar-refractivity contribution >= 4 is 5.78 Å². The first-order chi connectivity index (χ1) is 8.65. The number of hydrogen-bond acceptors (Lipinski definition) is 1. The van der Waals surface area contributed by atoms with Crippen molar-refractivity contribution in [2.24, 2.45) is 0 Å². The van der Waals surface area contributed by atoms with Crippen LogP contribution in [-0.2, 0) is 6.42 Å². The molecule has 2 aromatic carbocycles. The van der Waals surface area contributed by atoms with Gasteiger partial charge in [-0.2, -0.15) is 0 Å². The van der Waals surface area contributed by atoms with Gasteiger partial charge >= 0.3 is 0 Å². The number of benzene rings is 2. The standard InChI is InChI=1S/C16H13FO/c1-10-5-6-14-12(7-10)9-15(16(14)18)11-3-2-4-13(17)8-11/h2-8,15H,9H2,1H3. The van der Waals surface area contributed by atoms with Crippen LogP contribution < -0.4 is 0 Å². The van der Waals surface area contributed by atoms with E-state index in [1.807, 2.05) is 31.2 Å². The number of fused-ring (bicyclic) bond motifs is 1. The van der Waals surface area contributed by atoms with Gasteiger partial charge in [0.1, 0.15) is 5.82 Å². The summed E-state index contributed by atoms with van der Waals surface area (Å²) < 4.78 is 13.2. The van der Waals surface area contributed by atoms with E-state index in [4.69, 9.17) is 0 Å². The molecule has 1 unspecified atom stereocenters. The van der Waals surface area contributed by atoms with Gasteiger partial charge in [0.15, 0.2) is 5.78 Å². The van der Waals surface area contributed by atoms with Gasteiger partial charge in [-0.25, -0.2) is 4.39 Å². The Morgan fingerprint density at radius 1 is 1.17 bits per heavy atom. The third-order valence-corrected chi connectivity index (χ3v) is 3.52. The highest BCUT2D eigenvalue weighted by atomic mass is 19.1. The van der Waals surface area contributed by atoms with Gasteiger partial charge in [-0.15, -0.1) is 0 Å². The molecule has 0 aromatic heterocycles. The largest absolute Gasteiger partial charge is 0.293 e. The molecule has 2 heteroatoms. The summed E-state index contributed by atoms with van der Waals surface area (Å²) in [5.41, 5.74) is 3.79. The molecule has 0 aliphatic heterocycles. The third kappa shape index (κ3) is 1.74. The van der Waals surface area contributed by atoms with Crippen LogP contribution in [0.15, 0.2) is 42.5 Å². The zero-order valence-corrected chi connectivity index (χ0v) is 10.1. The smallest absolute Gasteiger partial charge is 0.170 e.